The van der Waals surface area contributed by atoms with Crippen molar-refractivity contribution >= 4 is 17.5 Å². The highest BCUT2D eigenvalue weighted by molar-refractivity contribution is 6.04. The number of carbonyl (C=O) groups excluding carboxylic acids is 2. The summed E-state index contributed by atoms with van der Waals surface area (Å²) >= 11 is 0. The molecule has 1 atom stereocenters. The number of anilines is 1. The number of rotatable bonds is 9. The van der Waals surface area contributed by atoms with Crippen molar-refractivity contribution in [1.82, 2.24) is 10.3 Å². The van der Waals surface area contributed by atoms with Crippen molar-refractivity contribution in [2.24, 2.45) is 5.73 Å². The summed E-state index contributed by atoms with van der Waals surface area (Å²) in [6.07, 6.45) is 3.31. The number of hydrogen-bond acceptors (Lipinski definition) is 6. The molecule has 8 heteroatoms. The van der Waals surface area contributed by atoms with Crippen LogP contribution in [0.1, 0.15) is 33.9 Å². The van der Waals surface area contributed by atoms with E-state index in [1.54, 1.807) is 69.1 Å². The molecule has 0 radical (unpaired) electrons. The van der Waals surface area contributed by atoms with Crippen LogP contribution in [0.3, 0.4) is 0 Å². The molecule has 4 N–H and O–H groups in total. The number of nitrogens with one attached hydrogen (secondary N) is 2. The van der Waals surface area contributed by atoms with E-state index in [1.807, 2.05) is 12.1 Å². The highest BCUT2D eigenvalue weighted by Crippen LogP contribution is 2.30. The quantitative estimate of drug-likeness (QED) is 0.477. The molecular formula is C24H26N4O4. The van der Waals surface area contributed by atoms with E-state index in [2.05, 4.69) is 15.6 Å². The van der Waals surface area contributed by atoms with Gasteiger partial charge in [0.2, 0.25) is 5.91 Å². The molecular weight excluding hydrogens is 408 g/mol. The monoisotopic (exact) mass is 434 g/mol. The van der Waals surface area contributed by atoms with Crippen molar-refractivity contribution in [2.75, 3.05) is 19.5 Å². The molecule has 2 amide bonds. The van der Waals surface area contributed by atoms with Crippen LogP contribution in [-0.4, -0.2) is 31.0 Å². The highest BCUT2D eigenvalue weighted by Gasteiger charge is 2.15. The molecule has 1 aromatic heterocycles. The molecule has 8 nitrogen and oxygen atoms in total. The number of para-hydroxylation sites is 1. The predicted octanol–water partition coefficient (Wildman–Crippen LogP) is 3.06. The molecule has 0 bridgehead atoms. The van der Waals surface area contributed by atoms with Crippen molar-refractivity contribution in [3.05, 3.63) is 83.7 Å². The van der Waals surface area contributed by atoms with Gasteiger partial charge in [0.1, 0.15) is 0 Å². The molecule has 0 aliphatic carbocycles. The maximum Gasteiger partial charge on any atom is 0.255 e. The van der Waals surface area contributed by atoms with E-state index in [-0.39, 0.29) is 18.2 Å². The molecule has 0 fully saturated rings. The van der Waals surface area contributed by atoms with E-state index in [1.165, 1.54) is 0 Å². The topological polar surface area (TPSA) is 116 Å². The Morgan fingerprint density at radius 2 is 1.72 bits per heavy atom. The smallest absolute Gasteiger partial charge is 0.255 e. The van der Waals surface area contributed by atoms with Crippen LogP contribution >= 0.6 is 0 Å². The lowest BCUT2D eigenvalue weighted by atomic mass is 10.0. The van der Waals surface area contributed by atoms with Gasteiger partial charge in [0.15, 0.2) is 11.5 Å². The number of aromatic nitrogens is 1. The number of nitrogens with two attached hydrogens (primary N) is 1. The minimum Gasteiger partial charge on any atom is -0.493 e. The first-order valence-electron chi connectivity index (χ1n) is 10.0. The number of pyridine rings is 1. The fourth-order valence-corrected chi connectivity index (χ4v) is 3.20. The average Bonchev–Trinajstić information content (AvgIpc) is 2.83. The third kappa shape index (κ3) is 5.83. The summed E-state index contributed by atoms with van der Waals surface area (Å²) in [6, 6.07) is 15.3. The number of nitrogens with zero attached hydrogens (tertiary/aromatic N) is 1. The van der Waals surface area contributed by atoms with Crippen LogP contribution in [-0.2, 0) is 11.3 Å². The highest BCUT2D eigenvalue weighted by atomic mass is 16.5. The predicted molar refractivity (Wildman–Crippen MR) is 122 cm³/mol. The van der Waals surface area contributed by atoms with Gasteiger partial charge in [0.25, 0.3) is 5.91 Å². The molecule has 2 aromatic carbocycles. The molecule has 0 saturated carbocycles. The summed E-state index contributed by atoms with van der Waals surface area (Å²) in [7, 11) is 3.12. The van der Waals surface area contributed by atoms with Crippen LogP contribution in [0.4, 0.5) is 5.69 Å². The van der Waals surface area contributed by atoms with Gasteiger partial charge in [-0.25, -0.2) is 0 Å². The van der Waals surface area contributed by atoms with Crippen LogP contribution in [0, 0.1) is 0 Å². The molecule has 0 aliphatic rings. The summed E-state index contributed by atoms with van der Waals surface area (Å²) in [6.45, 7) is 0.292. The number of hydrogen-bond donors (Lipinski definition) is 3. The standard InChI is InChI=1S/C24H26N4O4/c1-31-21-5-3-4-18(23(21)32-2)15-27-22(29)14-20(25)16-6-8-17(9-7-16)24(30)28-19-10-12-26-13-11-19/h3-13,20H,14-15,25H2,1-2H3,(H,27,29)(H,26,28,30). The number of amides is 2. The van der Waals surface area contributed by atoms with E-state index >= 15 is 0 Å². The van der Waals surface area contributed by atoms with Gasteiger partial charge in [-0.15, -0.1) is 0 Å². The van der Waals surface area contributed by atoms with Gasteiger partial charge in [0, 0.05) is 48.2 Å². The van der Waals surface area contributed by atoms with Crippen LogP contribution in [0.25, 0.3) is 0 Å². The first kappa shape index (κ1) is 22.8. The molecule has 0 aliphatic heterocycles. The maximum absolute atomic E-state index is 12.4. The Balaban J connectivity index is 1.55. The van der Waals surface area contributed by atoms with Gasteiger partial charge < -0.3 is 25.8 Å². The summed E-state index contributed by atoms with van der Waals surface area (Å²) in [5.41, 5.74) is 8.93. The lowest BCUT2D eigenvalue weighted by molar-refractivity contribution is -0.121. The van der Waals surface area contributed by atoms with E-state index in [0.717, 1.165) is 11.1 Å². The Hall–Kier alpha value is -3.91. The van der Waals surface area contributed by atoms with Crippen LogP contribution in [0.15, 0.2) is 67.0 Å². The van der Waals surface area contributed by atoms with E-state index in [4.69, 9.17) is 15.2 Å². The number of ether oxygens (including phenoxy) is 2. The summed E-state index contributed by atoms with van der Waals surface area (Å²) in [5, 5.41) is 5.65. The third-order valence-electron chi connectivity index (χ3n) is 4.91. The first-order chi connectivity index (χ1) is 15.5. The van der Waals surface area contributed by atoms with Crippen LogP contribution < -0.4 is 25.8 Å². The Morgan fingerprint density at radius 1 is 1.00 bits per heavy atom. The van der Waals surface area contributed by atoms with Crippen molar-refractivity contribution in [1.29, 1.82) is 0 Å². The van der Waals surface area contributed by atoms with Crippen LogP contribution in [0.5, 0.6) is 11.5 Å². The molecule has 0 saturated heterocycles. The average molecular weight is 434 g/mol. The van der Waals surface area contributed by atoms with E-state index in [0.29, 0.717) is 29.3 Å². The molecule has 3 aromatic rings. The number of carbonyl (C=O) groups is 2. The normalized spacial score (nSPS) is 11.3. The fraction of sp³-hybridized carbons (Fsp3) is 0.208. The minimum absolute atomic E-state index is 0.106. The van der Waals surface area contributed by atoms with Crippen molar-refractivity contribution in [2.45, 2.75) is 19.0 Å². The summed E-state index contributed by atoms with van der Waals surface area (Å²) in [5.74, 6) is 0.757. The SMILES string of the molecule is COc1cccc(CNC(=O)CC(N)c2ccc(C(=O)Nc3ccncc3)cc2)c1OC. The van der Waals surface area contributed by atoms with Gasteiger partial charge in [0.05, 0.1) is 14.2 Å². The second-order valence-corrected chi connectivity index (χ2v) is 7.05. The van der Waals surface area contributed by atoms with Gasteiger partial charge in [-0.2, -0.15) is 0 Å². The third-order valence-corrected chi connectivity index (χ3v) is 4.91. The van der Waals surface area contributed by atoms with Crippen molar-refractivity contribution in [3.8, 4) is 11.5 Å². The zero-order chi connectivity index (χ0) is 22.9. The summed E-state index contributed by atoms with van der Waals surface area (Å²) < 4.78 is 10.7. The summed E-state index contributed by atoms with van der Waals surface area (Å²) in [4.78, 5) is 28.7. The molecule has 166 valence electrons. The molecule has 3 rings (SSSR count). The van der Waals surface area contributed by atoms with E-state index < -0.39 is 6.04 Å². The molecule has 1 unspecified atom stereocenters. The Bertz CT molecular complexity index is 1060. The largest absolute Gasteiger partial charge is 0.493 e. The number of benzene rings is 2. The van der Waals surface area contributed by atoms with Gasteiger partial charge in [-0.05, 0) is 35.9 Å². The zero-order valence-electron chi connectivity index (χ0n) is 18.0. The van der Waals surface area contributed by atoms with Gasteiger partial charge in [-0.1, -0.05) is 24.3 Å². The second-order valence-electron chi connectivity index (χ2n) is 7.05. The van der Waals surface area contributed by atoms with Crippen molar-refractivity contribution < 1.29 is 19.1 Å². The Kier molecular flexibility index (Phi) is 7.77. The molecule has 0 spiro atoms. The second kappa shape index (κ2) is 10.9. The minimum atomic E-state index is -0.500. The van der Waals surface area contributed by atoms with Crippen LogP contribution in [0.2, 0.25) is 0 Å². The molecule has 1 heterocycles. The Morgan fingerprint density at radius 3 is 2.38 bits per heavy atom. The van der Waals surface area contributed by atoms with Gasteiger partial charge >= 0.3 is 0 Å². The van der Waals surface area contributed by atoms with E-state index in [9.17, 15) is 9.59 Å². The lowest BCUT2D eigenvalue weighted by Crippen LogP contribution is -2.27. The van der Waals surface area contributed by atoms with Gasteiger partial charge in [-0.3, -0.25) is 14.6 Å². The first-order valence-corrected chi connectivity index (χ1v) is 10.0. The maximum atomic E-state index is 12.4. The number of methoxy groups -OCH3 is 2. The Labute approximate surface area is 186 Å². The molecule has 32 heavy (non-hydrogen) atoms. The zero-order valence-corrected chi connectivity index (χ0v) is 18.0. The lowest BCUT2D eigenvalue weighted by Gasteiger charge is -2.15. The fourth-order valence-electron chi connectivity index (χ4n) is 3.20. The van der Waals surface area contributed by atoms with Crippen molar-refractivity contribution in [3.63, 3.8) is 0 Å².